The molecule has 0 radical (unpaired) electrons. The summed E-state index contributed by atoms with van der Waals surface area (Å²) in [6.45, 7) is 6.67. The van der Waals surface area contributed by atoms with Crippen LogP contribution in [-0.4, -0.2) is 23.1 Å². The molecule has 1 amide bonds. The summed E-state index contributed by atoms with van der Waals surface area (Å²) in [5.74, 6) is 0.559. The topological polar surface area (TPSA) is 60.0 Å². The third-order valence-electron chi connectivity index (χ3n) is 4.76. The summed E-state index contributed by atoms with van der Waals surface area (Å²) >= 11 is 0. The minimum absolute atomic E-state index is 0.0333. The molecule has 0 spiro atoms. The van der Waals surface area contributed by atoms with Crippen molar-refractivity contribution < 1.29 is 4.79 Å². The number of aromatic nitrogens is 1. The molecule has 1 aromatic carbocycles. The van der Waals surface area contributed by atoms with Crippen LogP contribution in [0.1, 0.15) is 40.2 Å². The van der Waals surface area contributed by atoms with Crippen molar-refractivity contribution in [2.24, 2.45) is 11.7 Å². The Labute approximate surface area is 137 Å². The third-order valence-corrected chi connectivity index (χ3v) is 4.76. The normalized spacial score (nSPS) is 15.5. The van der Waals surface area contributed by atoms with Gasteiger partial charge in [0.1, 0.15) is 0 Å². The van der Waals surface area contributed by atoms with Gasteiger partial charge in [-0.25, -0.2) is 0 Å². The SMILES string of the molecule is Cc1ccccc1-n1c(C)cc(C(=O)NCC(N)C2CC2)c1C. The number of carbonyl (C=O) groups excluding carboxylic acids is 1. The van der Waals surface area contributed by atoms with Crippen molar-refractivity contribution in [1.29, 1.82) is 0 Å². The molecule has 0 saturated heterocycles. The predicted octanol–water partition coefficient (Wildman–Crippen LogP) is 2.87. The molecule has 4 nitrogen and oxygen atoms in total. The highest BCUT2D eigenvalue weighted by Gasteiger charge is 2.28. The molecule has 23 heavy (non-hydrogen) atoms. The summed E-state index contributed by atoms with van der Waals surface area (Å²) in [4.78, 5) is 12.5. The lowest BCUT2D eigenvalue weighted by atomic mass is 10.1. The van der Waals surface area contributed by atoms with E-state index in [4.69, 9.17) is 5.73 Å². The molecule has 1 atom stereocenters. The smallest absolute Gasteiger partial charge is 0.253 e. The second kappa shape index (κ2) is 6.20. The Morgan fingerprint density at radius 1 is 1.30 bits per heavy atom. The van der Waals surface area contributed by atoms with E-state index in [2.05, 4.69) is 28.9 Å². The molecule has 1 fully saturated rings. The van der Waals surface area contributed by atoms with Gasteiger partial charge in [-0.2, -0.15) is 0 Å². The number of nitrogens with two attached hydrogens (primary N) is 1. The molecule has 122 valence electrons. The van der Waals surface area contributed by atoms with Crippen LogP contribution >= 0.6 is 0 Å². The van der Waals surface area contributed by atoms with Crippen LogP contribution in [0, 0.1) is 26.7 Å². The first-order chi connectivity index (χ1) is 11.0. The summed E-state index contributed by atoms with van der Waals surface area (Å²) in [5, 5.41) is 2.99. The Bertz CT molecular complexity index is 728. The first-order valence-electron chi connectivity index (χ1n) is 8.27. The molecule has 1 aliphatic rings. The molecule has 3 rings (SSSR count). The molecule has 3 N–H and O–H groups in total. The number of nitrogens with one attached hydrogen (secondary N) is 1. The molecule has 1 unspecified atom stereocenters. The molecular weight excluding hydrogens is 286 g/mol. The number of aryl methyl sites for hydroxylation is 2. The van der Waals surface area contributed by atoms with Gasteiger partial charge in [0.25, 0.3) is 5.91 Å². The van der Waals surface area contributed by atoms with Crippen LogP contribution in [0.15, 0.2) is 30.3 Å². The van der Waals surface area contributed by atoms with Gasteiger partial charge in [-0.3, -0.25) is 4.79 Å². The van der Waals surface area contributed by atoms with Crippen LogP contribution in [0.25, 0.3) is 5.69 Å². The Balaban J connectivity index is 1.82. The summed E-state index contributed by atoms with van der Waals surface area (Å²) in [6, 6.07) is 10.3. The van der Waals surface area contributed by atoms with Crippen LogP contribution in [0.3, 0.4) is 0 Å². The van der Waals surface area contributed by atoms with E-state index in [0.29, 0.717) is 12.5 Å². The lowest BCUT2D eigenvalue weighted by Gasteiger charge is -2.13. The quantitative estimate of drug-likeness (QED) is 0.892. The van der Waals surface area contributed by atoms with Crippen molar-refractivity contribution in [2.45, 2.75) is 39.7 Å². The van der Waals surface area contributed by atoms with Crippen LogP contribution in [0.5, 0.6) is 0 Å². The Hall–Kier alpha value is -2.07. The fourth-order valence-electron chi connectivity index (χ4n) is 3.17. The zero-order valence-corrected chi connectivity index (χ0v) is 14.1. The highest BCUT2D eigenvalue weighted by Crippen LogP contribution is 2.31. The first-order valence-corrected chi connectivity index (χ1v) is 8.27. The highest BCUT2D eigenvalue weighted by atomic mass is 16.1. The highest BCUT2D eigenvalue weighted by molar-refractivity contribution is 5.96. The van der Waals surface area contributed by atoms with E-state index in [1.165, 1.54) is 18.4 Å². The molecule has 0 bridgehead atoms. The van der Waals surface area contributed by atoms with Gasteiger partial charge in [0.2, 0.25) is 0 Å². The van der Waals surface area contributed by atoms with E-state index in [0.717, 1.165) is 22.6 Å². The maximum Gasteiger partial charge on any atom is 0.253 e. The minimum atomic E-state index is -0.0333. The maximum atomic E-state index is 12.5. The Morgan fingerprint density at radius 2 is 2.00 bits per heavy atom. The molecule has 2 aromatic rings. The lowest BCUT2D eigenvalue weighted by Crippen LogP contribution is -2.38. The third kappa shape index (κ3) is 3.17. The van der Waals surface area contributed by atoms with E-state index < -0.39 is 0 Å². The first kappa shape index (κ1) is 15.8. The average molecular weight is 311 g/mol. The lowest BCUT2D eigenvalue weighted by molar-refractivity contribution is 0.0949. The fourth-order valence-corrected chi connectivity index (χ4v) is 3.17. The average Bonchev–Trinajstić information content (AvgIpc) is 3.32. The molecule has 0 aliphatic heterocycles. The van der Waals surface area contributed by atoms with E-state index in [1.807, 2.05) is 32.0 Å². The standard InChI is InChI=1S/C19H25N3O/c1-12-6-4-5-7-18(12)22-13(2)10-16(14(22)3)19(23)21-11-17(20)15-8-9-15/h4-7,10,15,17H,8-9,11,20H2,1-3H3,(H,21,23). The van der Waals surface area contributed by atoms with Crippen molar-refractivity contribution in [1.82, 2.24) is 9.88 Å². The van der Waals surface area contributed by atoms with Crippen molar-refractivity contribution in [3.63, 3.8) is 0 Å². The Kier molecular flexibility index (Phi) is 4.26. The van der Waals surface area contributed by atoms with Crippen molar-refractivity contribution in [3.05, 3.63) is 52.8 Å². The van der Waals surface area contributed by atoms with Crippen LogP contribution in [-0.2, 0) is 0 Å². The zero-order valence-electron chi connectivity index (χ0n) is 14.1. The molecule has 1 aliphatic carbocycles. The van der Waals surface area contributed by atoms with Gasteiger partial charge in [0.15, 0.2) is 0 Å². The van der Waals surface area contributed by atoms with E-state index in [9.17, 15) is 4.79 Å². The number of hydrogen-bond acceptors (Lipinski definition) is 2. The maximum absolute atomic E-state index is 12.5. The van der Waals surface area contributed by atoms with Gasteiger partial charge in [0, 0.05) is 29.7 Å². The number of amides is 1. The van der Waals surface area contributed by atoms with Gasteiger partial charge in [-0.05, 0) is 57.2 Å². The van der Waals surface area contributed by atoms with Gasteiger partial charge in [0.05, 0.1) is 5.56 Å². The van der Waals surface area contributed by atoms with Gasteiger partial charge >= 0.3 is 0 Å². The molecule has 1 aromatic heterocycles. The molecule has 4 heteroatoms. The summed E-state index contributed by atoms with van der Waals surface area (Å²) < 4.78 is 2.14. The fraction of sp³-hybridized carbons (Fsp3) is 0.421. The molecule has 1 heterocycles. The number of para-hydroxylation sites is 1. The van der Waals surface area contributed by atoms with Crippen molar-refractivity contribution >= 4 is 5.91 Å². The van der Waals surface area contributed by atoms with Crippen LogP contribution in [0.4, 0.5) is 0 Å². The number of nitrogens with zero attached hydrogens (tertiary/aromatic N) is 1. The predicted molar refractivity (Wildman–Crippen MR) is 93.0 cm³/mol. The molecular formula is C19H25N3O. The van der Waals surface area contributed by atoms with Gasteiger partial charge in [-0.15, -0.1) is 0 Å². The number of hydrogen-bond donors (Lipinski definition) is 2. The van der Waals surface area contributed by atoms with Crippen molar-refractivity contribution in [2.75, 3.05) is 6.54 Å². The van der Waals surface area contributed by atoms with E-state index in [-0.39, 0.29) is 11.9 Å². The van der Waals surface area contributed by atoms with Crippen LogP contribution in [0.2, 0.25) is 0 Å². The Morgan fingerprint density at radius 3 is 2.65 bits per heavy atom. The summed E-state index contributed by atoms with van der Waals surface area (Å²) in [7, 11) is 0. The van der Waals surface area contributed by atoms with E-state index >= 15 is 0 Å². The van der Waals surface area contributed by atoms with Crippen LogP contribution < -0.4 is 11.1 Å². The monoisotopic (exact) mass is 311 g/mol. The summed E-state index contributed by atoms with van der Waals surface area (Å²) in [5.41, 5.74) is 11.1. The van der Waals surface area contributed by atoms with Crippen molar-refractivity contribution in [3.8, 4) is 5.69 Å². The number of rotatable bonds is 5. The van der Waals surface area contributed by atoms with E-state index in [1.54, 1.807) is 0 Å². The van der Waals surface area contributed by atoms with Gasteiger partial charge in [-0.1, -0.05) is 18.2 Å². The minimum Gasteiger partial charge on any atom is -0.350 e. The molecule has 1 saturated carbocycles. The second-order valence-corrected chi connectivity index (χ2v) is 6.62. The summed E-state index contributed by atoms with van der Waals surface area (Å²) in [6.07, 6.45) is 2.39. The van der Waals surface area contributed by atoms with Gasteiger partial charge < -0.3 is 15.6 Å². The number of benzene rings is 1. The second-order valence-electron chi connectivity index (χ2n) is 6.62. The largest absolute Gasteiger partial charge is 0.350 e. The zero-order chi connectivity index (χ0) is 16.6. The number of carbonyl (C=O) groups is 1.